The van der Waals surface area contributed by atoms with Crippen LogP contribution >= 0.6 is 0 Å². The highest BCUT2D eigenvalue weighted by Crippen LogP contribution is 2.61. The third kappa shape index (κ3) is 6.69. The van der Waals surface area contributed by atoms with Gasteiger partial charge in [0, 0.05) is 19.0 Å². The number of fused-ring (bicyclic) bond motifs is 1. The number of ketones is 1. The van der Waals surface area contributed by atoms with Gasteiger partial charge in [-0.25, -0.2) is 0 Å². The first kappa shape index (κ1) is 32.5. The van der Waals surface area contributed by atoms with Gasteiger partial charge in [0.1, 0.15) is 12.1 Å². The maximum atomic E-state index is 14.5. The molecule has 3 N–H and O–H groups in total. The Morgan fingerprint density at radius 1 is 0.889 bits per heavy atom. The van der Waals surface area contributed by atoms with E-state index in [9.17, 15) is 24.0 Å². The number of amides is 4. The van der Waals surface area contributed by atoms with Crippen LogP contribution in [0, 0.1) is 46.3 Å². The van der Waals surface area contributed by atoms with Gasteiger partial charge < -0.3 is 20.9 Å². The second kappa shape index (κ2) is 12.3. The van der Waals surface area contributed by atoms with Crippen LogP contribution in [0.4, 0.5) is 0 Å². The molecule has 0 radical (unpaired) electrons. The summed E-state index contributed by atoms with van der Waals surface area (Å²) in [5.74, 6) is 0.349. The molecule has 1 saturated heterocycles. The number of nitrogens with zero attached hydrogens (tertiary/aromatic N) is 1. The van der Waals surface area contributed by atoms with Crippen LogP contribution in [0.5, 0.6) is 0 Å². The zero-order valence-electron chi connectivity index (χ0n) is 28.2. The molecular weight excluding hydrogens is 568 g/mol. The number of hydrogen-bond donors (Lipinski definition) is 3. The molecular formula is C36H56N4O5. The molecule has 45 heavy (non-hydrogen) atoms. The van der Waals surface area contributed by atoms with Crippen molar-refractivity contribution >= 4 is 29.4 Å². The highest BCUT2D eigenvalue weighted by Gasteiger charge is 2.54. The Morgan fingerprint density at radius 3 is 2.07 bits per heavy atom. The number of Topliss-reactive ketones (excluding diaryl/α,β-unsaturated/α-hetero) is 1. The second-order valence-electron chi connectivity index (χ2n) is 17.2. The van der Waals surface area contributed by atoms with E-state index in [2.05, 4.69) is 16.0 Å². The van der Waals surface area contributed by atoms with E-state index in [1.54, 1.807) is 4.90 Å². The molecule has 4 bridgehead atoms. The Balaban J connectivity index is 1.18. The Kier molecular flexibility index (Phi) is 8.88. The fourth-order valence-electron chi connectivity index (χ4n) is 10.3. The van der Waals surface area contributed by atoms with Gasteiger partial charge in [-0.1, -0.05) is 47.5 Å². The molecule has 7 fully saturated rings. The number of likely N-dealkylation sites (tertiary alicyclic amines) is 1. The SMILES string of the molecule is CC[C@H](C)[C@H](NC(=O)[C@@H]1[C@H]2CCC[C@H]2CN1C(=O)[C@@H](NC(=O)CC12CC3CC(CC(C3)C1)C2)C(C)(C)C)C(=O)C(=O)NC1CC1. The molecule has 0 spiro atoms. The van der Waals surface area contributed by atoms with Crippen LogP contribution < -0.4 is 16.0 Å². The molecule has 0 aromatic carbocycles. The van der Waals surface area contributed by atoms with Crippen LogP contribution in [0.1, 0.15) is 118 Å². The summed E-state index contributed by atoms with van der Waals surface area (Å²) in [7, 11) is 0. The molecule has 9 heteroatoms. The van der Waals surface area contributed by atoms with Gasteiger partial charge in [0.2, 0.25) is 23.5 Å². The highest BCUT2D eigenvalue weighted by atomic mass is 16.2. The topological polar surface area (TPSA) is 125 Å². The molecule has 9 nitrogen and oxygen atoms in total. The van der Waals surface area contributed by atoms with Gasteiger partial charge in [-0.3, -0.25) is 24.0 Å². The van der Waals surface area contributed by atoms with E-state index >= 15 is 0 Å². The second-order valence-corrected chi connectivity index (χ2v) is 17.2. The van der Waals surface area contributed by atoms with Crippen LogP contribution in [-0.2, 0) is 24.0 Å². The van der Waals surface area contributed by atoms with Crippen LogP contribution in [-0.4, -0.2) is 65.0 Å². The summed E-state index contributed by atoms with van der Waals surface area (Å²) in [6.45, 7) is 10.2. The molecule has 0 unspecified atom stereocenters. The standard InChI is InChI=1S/C36H56N4O5/c1-6-20(2)28(30(42)33(44)37-25-10-11-25)39-32(43)29-26-9-7-8-24(26)19-40(29)34(45)31(35(3,4)5)38-27(41)18-36-15-21-12-22(16-36)14-23(13-21)17-36/h20-26,28-29,31H,6-19H2,1-5H3,(H,37,44)(H,38,41)(H,39,43)/t20-,21?,22?,23?,24-,26-,28-,29-,31+,36?/m0/s1. The monoisotopic (exact) mass is 624 g/mol. The molecule has 6 saturated carbocycles. The van der Waals surface area contributed by atoms with Crippen molar-refractivity contribution in [3.63, 3.8) is 0 Å². The largest absolute Gasteiger partial charge is 0.347 e. The maximum absolute atomic E-state index is 14.5. The van der Waals surface area contributed by atoms with Gasteiger partial charge in [0.05, 0.1) is 6.04 Å². The molecule has 0 aromatic rings. The van der Waals surface area contributed by atoms with E-state index in [0.717, 1.165) is 69.1 Å². The Labute approximate surface area is 269 Å². The van der Waals surface area contributed by atoms with Gasteiger partial charge in [-0.05, 0) is 111 Å². The molecule has 6 atom stereocenters. The lowest BCUT2D eigenvalue weighted by Gasteiger charge is -2.56. The Hall–Kier alpha value is -2.45. The van der Waals surface area contributed by atoms with Crippen molar-refractivity contribution in [3.8, 4) is 0 Å². The predicted octanol–water partition coefficient (Wildman–Crippen LogP) is 4.13. The van der Waals surface area contributed by atoms with E-state index in [1.807, 2.05) is 34.6 Å². The van der Waals surface area contributed by atoms with Gasteiger partial charge in [-0.2, -0.15) is 0 Å². The van der Waals surface area contributed by atoms with Gasteiger partial charge in [0.25, 0.3) is 5.91 Å². The molecule has 1 heterocycles. The first-order chi connectivity index (χ1) is 21.3. The molecule has 250 valence electrons. The minimum Gasteiger partial charge on any atom is -0.347 e. The van der Waals surface area contributed by atoms with Crippen molar-refractivity contribution in [1.82, 2.24) is 20.9 Å². The molecule has 7 aliphatic rings. The minimum atomic E-state index is -0.947. The normalized spacial score (nSPS) is 35.4. The lowest BCUT2D eigenvalue weighted by atomic mass is 9.49. The van der Waals surface area contributed by atoms with Crippen LogP contribution in [0.25, 0.3) is 0 Å². The van der Waals surface area contributed by atoms with Gasteiger partial charge >= 0.3 is 0 Å². The van der Waals surface area contributed by atoms with Crippen LogP contribution in [0.3, 0.4) is 0 Å². The summed E-state index contributed by atoms with van der Waals surface area (Å²) in [6, 6.07) is -2.38. The minimum absolute atomic E-state index is 0.00488. The summed E-state index contributed by atoms with van der Waals surface area (Å²) >= 11 is 0. The fraction of sp³-hybridized carbons (Fsp3) is 0.861. The van der Waals surface area contributed by atoms with E-state index in [4.69, 9.17) is 0 Å². The van der Waals surface area contributed by atoms with Crippen LogP contribution in [0.15, 0.2) is 0 Å². The van der Waals surface area contributed by atoms with Crippen molar-refractivity contribution in [2.45, 2.75) is 142 Å². The maximum Gasteiger partial charge on any atom is 0.289 e. The fourth-order valence-corrected chi connectivity index (χ4v) is 10.3. The van der Waals surface area contributed by atoms with Gasteiger partial charge in [-0.15, -0.1) is 0 Å². The van der Waals surface area contributed by atoms with Crippen molar-refractivity contribution < 1.29 is 24.0 Å². The van der Waals surface area contributed by atoms with Gasteiger partial charge in [0.15, 0.2) is 0 Å². The third-order valence-electron chi connectivity index (χ3n) is 12.5. The molecule has 0 aromatic heterocycles. The lowest BCUT2D eigenvalue weighted by molar-refractivity contribution is -0.147. The average Bonchev–Trinajstić information content (AvgIpc) is 3.52. The average molecular weight is 625 g/mol. The summed E-state index contributed by atoms with van der Waals surface area (Å²) in [5.41, 5.74) is -0.482. The van der Waals surface area contributed by atoms with Crippen molar-refractivity contribution in [3.05, 3.63) is 0 Å². The first-order valence-electron chi connectivity index (χ1n) is 18.0. The number of rotatable bonds is 11. The summed E-state index contributed by atoms with van der Waals surface area (Å²) < 4.78 is 0. The molecule has 1 aliphatic heterocycles. The molecule has 4 amide bonds. The highest BCUT2D eigenvalue weighted by molar-refractivity contribution is 6.38. The zero-order chi connectivity index (χ0) is 32.3. The van der Waals surface area contributed by atoms with Crippen molar-refractivity contribution in [2.24, 2.45) is 46.3 Å². The number of carbonyl (C=O) groups is 5. The van der Waals surface area contributed by atoms with E-state index in [-0.39, 0.29) is 46.9 Å². The Morgan fingerprint density at radius 2 is 1.51 bits per heavy atom. The van der Waals surface area contributed by atoms with Crippen LogP contribution in [0.2, 0.25) is 0 Å². The van der Waals surface area contributed by atoms with E-state index in [1.165, 1.54) is 19.3 Å². The summed E-state index contributed by atoms with van der Waals surface area (Å²) in [5, 5.41) is 8.92. The van der Waals surface area contributed by atoms with Crippen molar-refractivity contribution in [1.29, 1.82) is 0 Å². The van der Waals surface area contributed by atoms with E-state index < -0.39 is 35.2 Å². The smallest absolute Gasteiger partial charge is 0.289 e. The summed E-state index contributed by atoms with van der Waals surface area (Å²) in [4.78, 5) is 70.1. The number of carbonyl (C=O) groups excluding carboxylic acids is 5. The quantitative estimate of drug-likeness (QED) is 0.298. The van der Waals surface area contributed by atoms with Crippen molar-refractivity contribution in [2.75, 3.05) is 6.54 Å². The first-order valence-corrected chi connectivity index (χ1v) is 18.0. The zero-order valence-corrected chi connectivity index (χ0v) is 28.2. The molecule has 7 rings (SSSR count). The third-order valence-corrected chi connectivity index (χ3v) is 12.5. The molecule has 6 aliphatic carbocycles. The number of nitrogens with one attached hydrogen (secondary N) is 3. The lowest BCUT2D eigenvalue weighted by Crippen LogP contribution is -2.61. The predicted molar refractivity (Wildman–Crippen MR) is 170 cm³/mol. The summed E-state index contributed by atoms with van der Waals surface area (Å²) in [6.07, 6.45) is 13.0. The van der Waals surface area contributed by atoms with E-state index in [0.29, 0.717) is 19.4 Å². The number of hydrogen-bond acceptors (Lipinski definition) is 5. The Bertz CT molecular complexity index is 1170.